The van der Waals surface area contributed by atoms with Gasteiger partial charge >= 0.3 is 24.2 Å². The zero-order valence-electron chi connectivity index (χ0n) is 11.2. The lowest BCUT2D eigenvalue weighted by atomic mass is 9.94. The molecule has 0 aliphatic heterocycles. The zero-order valence-corrected chi connectivity index (χ0v) is 11.2. The fourth-order valence-corrected chi connectivity index (χ4v) is 1.45. The molecule has 0 saturated heterocycles. The van der Waals surface area contributed by atoms with Gasteiger partial charge in [-0.05, 0) is 27.7 Å². The standard InChI is InChI=1S/C10H12F10O/c1-5(2,7(11,12)9(15,16)17)21-6(3,4)8(13,14)10(18,19)20/h1-4H3. The molecule has 0 fully saturated rings. The minimum absolute atomic E-state index is 0.0781. The SMILES string of the molecule is CC(C)(OC(C)(C)C(F)(F)C(F)(F)F)C(F)(F)C(F)(F)F. The van der Waals surface area contributed by atoms with E-state index in [9.17, 15) is 43.9 Å². The Labute approximate surface area is 113 Å². The third-order valence-corrected chi connectivity index (χ3v) is 2.73. The van der Waals surface area contributed by atoms with Gasteiger partial charge in [0.1, 0.15) is 11.2 Å². The lowest BCUT2D eigenvalue weighted by Gasteiger charge is -2.44. The van der Waals surface area contributed by atoms with E-state index >= 15 is 0 Å². The highest BCUT2D eigenvalue weighted by atomic mass is 19.4. The van der Waals surface area contributed by atoms with Crippen LogP contribution in [0.2, 0.25) is 0 Å². The van der Waals surface area contributed by atoms with Crippen LogP contribution >= 0.6 is 0 Å². The monoisotopic (exact) mass is 338 g/mol. The Hall–Kier alpha value is -0.740. The summed E-state index contributed by atoms with van der Waals surface area (Å²) in [6.07, 6.45) is -12.4. The van der Waals surface area contributed by atoms with E-state index in [0.717, 1.165) is 0 Å². The van der Waals surface area contributed by atoms with Gasteiger partial charge in [0.25, 0.3) is 0 Å². The van der Waals surface area contributed by atoms with Crippen molar-refractivity contribution in [3.63, 3.8) is 0 Å². The molecule has 0 aromatic rings. The average molecular weight is 338 g/mol. The molecule has 128 valence electrons. The summed E-state index contributed by atoms with van der Waals surface area (Å²) in [5.41, 5.74) is -7.30. The lowest BCUT2D eigenvalue weighted by molar-refractivity contribution is -0.396. The molecular formula is C10H12F10O. The summed E-state index contributed by atoms with van der Waals surface area (Å²) in [5.74, 6) is -11.3. The van der Waals surface area contributed by atoms with E-state index < -0.39 is 35.4 Å². The second kappa shape index (κ2) is 4.88. The van der Waals surface area contributed by atoms with Gasteiger partial charge in [0.15, 0.2) is 0 Å². The molecule has 1 nitrogen and oxygen atoms in total. The van der Waals surface area contributed by atoms with Crippen LogP contribution in [-0.4, -0.2) is 35.4 Å². The second-order valence-electron chi connectivity index (χ2n) is 5.27. The predicted molar refractivity (Wildman–Crippen MR) is 51.2 cm³/mol. The van der Waals surface area contributed by atoms with Crippen molar-refractivity contribution in [3.8, 4) is 0 Å². The highest BCUT2D eigenvalue weighted by Gasteiger charge is 2.73. The third-order valence-electron chi connectivity index (χ3n) is 2.73. The van der Waals surface area contributed by atoms with Gasteiger partial charge in [-0.25, -0.2) is 0 Å². The Balaban J connectivity index is 5.65. The smallest absolute Gasteiger partial charge is 0.356 e. The number of rotatable bonds is 4. The van der Waals surface area contributed by atoms with Gasteiger partial charge < -0.3 is 4.74 Å². The quantitative estimate of drug-likeness (QED) is 0.659. The Morgan fingerprint density at radius 1 is 0.476 bits per heavy atom. The molecule has 0 aromatic carbocycles. The average Bonchev–Trinajstić information content (AvgIpc) is 2.11. The molecule has 0 spiro atoms. The molecule has 0 bridgehead atoms. The topological polar surface area (TPSA) is 9.23 Å². The maximum Gasteiger partial charge on any atom is 0.456 e. The number of halogens is 10. The number of alkyl halides is 10. The van der Waals surface area contributed by atoms with Crippen molar-refractivity contribution in [1.82, 2.24) is 0 Å². The van der Waals surface area contributed by atoms with Gasteiger partial charge in [-0.1, -0.05) is 0 Å². The third kappa shape index (κ3) is 3.37. The molecule has 0 amide bonds. The van der Waals surface area contributed by atoms with Crippen LogP contribution < -0.4 is 0 Å². The Kier molecular flexibility index (Phi) is 4.71. The van der Waals surface area contributed by atoms with Crippen LogP contribution in [0.25, 0.3) is 0 Å². The first-order chi connectivity index (χ1) is 8.71. The Morgan fingerprint density at radius 2 is 0.667 bits per heavy atom. The van der Waals surface area contributed by atoms with Crippen LogP contribution in [0.3, 0.4) is 0 Å². The molecule has 0 heterocycles. The summed E-state index contributed by atoms with van der Waals surface area (Å²) in [4.78, 5) is 0. The highest BCUT2D eigenvalue weighted by molar-refractivity contribution is 5.00. The number of hydrogen-bond acceptors (Lipinski definition) is 1. The molecule has 0 N–H and O–H groups in total. The largest absolute Gasteiger partial charge is 0.456 e. The molecule has 0 unspecified atom stereocenters. The predicted octanol–water partition coefficient (Wildman–Crippen LogP) is 4.96. The normalized spacial score (nSPS) is 16.3. The van der Waals surface area contributed by atoms with E-state index in [1.807, 2.05) is 0 Å². The van der Waals surface area contributed by atoms with Crippen molar-refractivity contribution in [2.75, 3.05) is 0 Å². The van der Waals surface area contributed by atoms with Crippen LogP contribution in [0.15, 0.2) is 0 Å². The van der Waals surface area contributed by atoms with Crippen LogP contribution in [0.5, 0.6) is 0 Å². The summed E-state index contributed by atoms with van der Waals surface area (Å²) < 4.78 is 130. The Morgan fingerprint density at radius 3 is 0.810 bits per heavy atom. The minimum atomic E-state index is -6.18. The van der Waals surface area contributed by atoms with Crippen molar-refractivity contribution in [2.24, 2.45) is 0 Å². The summed E-state index contributed by atoms with van der Waals surface area (Å²) in [5, 5.41) is 0. The second-order valence-corrected chi connectivity index (χ2v) is 5.27. The molecule has 0 atom stereocenters. The fourth-order valence-electron chi connectivity index (χ4n) is 1.45. The van der Waals surface area contributed by atoms with E-state index in [1.54, 1.807) is 0 Å². The lowest BCUT2D eigenvalue weighted by Crippen LogP contribution is -2.63. The van der Waals surface area contributed by atoms with E-state index in [1.165, 1.54) is 0 Å². The summed E-state index contributed by atoms with van der Waals surface area (Å²) in [6, 6.07) is 0. The van der Waals surface area contributed by atoms with E-state index in [2.05, 4.69) is 4.74 Å². The van der Waals surface area contributed by atoms with E-state index in [0.29, 0.717) is 0 Å². The van der Waals surface area contributed by atoms with Gasteiger partial charge in [-0.3, -0.25) is 0 Å². The van der Waals surface area contributed by atoms with Gasteiger partial charge in [-0.15, -0.1) is 0 Å². The molecule has 0 aliphatic rings. The van der Waals surface area contributed by atoms with Crippen molar-refractivity contribution in [1.29, 1.82) is 0 Å². The summed E-state index contributed by atoms with van der Waals surface area (Å²) in [6.45, 7) is 0.312. The van der Waals surface area contributed by atoms with E-state index in [4.69, 9.17) is 0 Å². The van der Waals surface area contributed by atoms with Crippen molar-refractivity contribution in [3.05, 3.63) is 0 Å². The molecule has 0 radical (unpaired) electrons. The fraction of sp³-hybridized carbons (Fsp3) is 1.00. The zero-order chi connectivity index (χ0) is 17.7. The summed E-state index contributed by atoms with van der Waals surface area (Å²) >= 11 is 0. The molecule has 0 aliphatic carbocycles. The Bertz CT molecular complexity index is 340. The first-order valence-corrected chi connectivity index (χ1v) is 5.30. The summed E-state index contributed by atoms with van der Waals surface area (Å²) in [7, 11) is 0. The molecule has 0 aromatic heterocycles. The first kappa shape index (κ1) is 20.3. The number of ether oxygens (including phenoxy) is 1. The maximum absolute atomic E-state index is 13.1. The van der Waals surface area contributed by atoms with Gasteiger partial charge in [0, 0.05) is 0 Å². The highest BCUT2D eigenvalue weighted by Crippen LogP contribution is 2.51. The molecule has 0 rings (SSSR count). The van der Waals surface area contributed by atoms with Crippen molar-refractivity contribution >= 4 is 0 Å². The molecule has 0 saturated carbocycles. The van der Waals surface area contributed by atoms with Crippen LogP contribution in [0.4, 0.5) is 43.9 Å². The maximum atomic E-state index is 13.1. The van der Waals surface area contributed by atoms with Crippen LogP contribution in [-0.2, 0) is 4.74 Å². The van der Waals surface area contributed by atoms with E-state index in [-0.39, 0.29) is 27.7 Å². The minimum Gasteiger partial charge on any atom is -0.356 e. The van der Waals surface area contributed by atoms with Gasteiger partial charge in [0.05, 0.1) is 0 Å². The van der Waals surface area contributed by atoms with Crippen LogP contribution in [0.1, 0.15) is 27.7 Å². The van der Waals surface area contributed by atoms with Crippen molar-refractivity contribution in [2.45, 2.75) is 63.1 Å². The van der Waals surface area contributed by atoms with Crippen molar-refractivity contribution < 1.29 is 48.6 Å². The number of hydrogen-bond donors (Lipinski definition) is 0. The molecule has 11 heteroatoms. The molecule has 21 heavy (non-hydrogen) atoms. The van der Waals surface area contributed by atoms with Gasteiger partial charge in [-0.2, -0.15) is 43.9 Å². The first-order valence-electron chi connectivity index (χ1n) is 5.30. The molecular weight excluding hydrogens is 326 g/mol. The van der Waals surface area contributed by atoms with Crippen LogP contribution in [0, 0.1) is 0 Å². The van der Waals surface area contributed by atoms with Gasteiger partial charge in [0.2, 0.25) is 0 Å².